The first-order chi connectivity index (χ1) is 9.70. The van der Waals surface area contributed by atoms with Crippen LogP contribution in [-0.2, 0) is 6.42 Å². The third kappa shape index (κ3) is 4.22. The van der Waals surface area contributed by atoms with Gasteiger partial charge in [0.05, 0.1) is 0 Å². The van der Waals surface area contributed by atoms with Crippen LogP contribution in [0, 0.1) is 0 Å². The average Bonchev–Trinajstić information content (AvgIpc) is 2.97. The van der Waals surface area contributed by atoms with Crippen molar-refractivity contribution in [3.8, 4) is 5.75 Å². The molecule has 2 atom stereocenters. The van der Waals surface area contributed by atoms with Crippen molar-refractivity contribution in [2.75, 3.05) is 19.6 Å². The minimum absolute atomic E-state index is 0.353. The van der Waals surface area contributed by atoms with Crippen LogP contribution in [0.3, 0.4) is 0 Å². The maximum Gasteiger partial charge on any atom is 0.115 e. The van der Waals surface area contributed by atoms with Gasteiger partial charge >= 0.3 is 0 Å². The van der Waals surface area contributed by atoms with Crippen molar-refractivity contribution >= 4 is 0 Å². The van der Waals surface area contributed by atoms with Gasteiger partial charge in [-0.15, -0.1) is 0 Å². The summed E-state index contributed by atoms with van der Waals surface area (Å²) in [7, 11) is 0. The van der Waals surface area contributed by atoms with Crippen LogP contribution in [-0.4, -0.2) is 41.7 Å². The van der Waals surface area contributed by atoms with Gasteiger partial charge in [-0.1, -0.05) is 19.1 Å². The Morgan fingerprint density at radius 1 is 1.35 bits per heavy atom. The second-order valence-electron chi connectivity index (χ2n) is 5.94. The second kappa shape index (κ2) is 7.65. The van der Waals surface area contributed by atoms with Crippen molar-refractivity contribution in [2.24, 2.45) is 0 Å². The maximum atomic E-state index is 9.32. The van der Waals surface area contributed by atoms with Gasteiger partial charge in [0.15, 0.2) is 0 Å². The summed E-state index contributed by atoms with van der Waals surface area (Å²) in [5, 5.41) is 12.8. The molecule has 0 bridgehead atoms. The van der Waals surface area contributed by atoms with Gasteiger partial charge in [-0.05, 0) is 63.4 Å². The van der Waals surface area contributed by atoms with Gasteiger partial charge in [0.25, 0.3) is 0 Å². The van der Waals surface area contributed by atoms with E-state index in [4.69, 9.17) is 0 Å². The molecule has 1 aliphatic heterocycles. The first kappa shape index (κ1) is 15.3. The number of phenolic OH excluding ortho intramolecular Hbond substituents is 1. The number of hydrogen-bond donors (Lipinski definition) is 2. The third-order valence-electron chi connectivity index (χ3n) is 4.34. The number of nitrogens with zero attached hydrogens (tertiary/aromatic N) is 1. The Balaban J connectivity index is 1.87. The number of rotatable bonds is 7. The smallest absolute Gasteiger partial charge is 0.115 e. The topological polar surface area (TPSA) is 35.5 Å². The fourth-order valence-corrected chi connectivity index (χ4v) is 3.15. The largest absolute Gasteiger partial charge is 0.508 e. The molecule has 3 nitrogen and oxygen atoms in total. The van der Waals surface area contributed by atoms with E-state index in [1.807, 2.05) is 12.1 Å². The van der Waals surface area contributed by atoms with E-state index in [1.165, 1.54) is 31.4 Å². The highest BCUT2D eigenvalue weighted by molar-refractivity contribution is 5.25. The molecule has 2 rings (SSSR count). The highest BCUT2D eigenvalue weighted by atomic mass is 16.3. The molecule has 1 aromatic carbocycles. The molecule has 3 heteroatoms. The molecule has 0 aliphatic carbocycles. The van der Waals surface area contributed by atoms with Crippen molar-refractivity contribution in [3.05, 3.63) is 29.8 Å². The van der Waals surface area contributed by atoms with Gasteiger partial charge in [-0.2, -0.15) is 0 Å². The van der Waals surface area contributed by atoms with Gasteiger partial charge in [0.1, 0.15) is 5.75 Å². The van der Waals surface area contributed by atoms with Crippen LogP contribution >= 0.6 is 0 Å². The Bertz CT molecular complexity index is 384. The summed E-state index contributed by atoms with van der Waals surface area (Å²) >= 11 is 0. The van der Waals surface area contributed by atoms with E-state index in [0.717, 1.165) is 19.5 Å². The van der Waals surface area contributed by atoms with Gasteiger partial charge in [0.2, 0.25) is 0 Å². The molecule has 112 valence electrons. The number of benzene rings is 1. The van der Waals surface area contributed by atoms with E-state index in [1.54, 1.807) is 12.1 Å². The number of nitrogens with one attached hydrogen (secondary N) is 1. The summed E-state index contributed by atoms with van der Waals surface area (Å²) in [5.74, 6) is 0.353. The monoisotopic (exact) mass is 276 g/mol. The molecule has 1 aliphatic rings. The molecule has 0 amide bonds. The zero-order valence-corrected chi connectivity index (χ0v) is 12.8. The Labute approximate surface area is 123 Å². The molecule has 0 saturated carbocycles. The predicted octanol–water partition coefficient (Wildman–Crippen LogP) is 2.79. The lowest BCUT2D eigenvalue weighted by Gasteiger charge is -2.34. The van der Waals surface area contributed by atoms with Crippen LogP contribution in [0.2, 0.25) is 0 Å². The molecule has 1 aromatic rings. The van der Waals surface area contributed by atoms with Gasteiger partial charge in [-0.25, -0.2) is 0 Å². The summed E-state index contributed by atoms with van der Waals surface area (Å²) < 4.78 is 0. The molecule has 2 unspecified atom stereocenters. The van der Waals surface area contributed by atoms with Gasteiger partial charge < -0.3 is 10.4 Å². The molecule has 1 heterocycles. The van der Waals surface area contributed by atoms with Crippen LogP contribution in [0.15, 0.2) is 24.3 Å². The lowest BCUT2D eigenvalue weighted by molar-refractivity contribution is 0.146. The molecule has 0 spiro atoms. The van der Waals surface area contributed by atoms with E-state index in [2.05, 4.69) is 24.1 Å². The summed E-state index contributed by atoms with van der Waals surface area (Å²) in [4.78, 5) is 2.68. The van der Waals surface area contributed by atoms with Gasteiger partial charge in [-0.3, -0.25) is 4.90 Å². The Morgan fingerprint density at radius 3 is 2.70 bits per heavy atom. The normalized spacial score (nSPS) is 20.4. The fourth-order valence-electron chi connectivity index (χ4n) is 3.15. The van der Waals surface area contributed by atoms with Crippen LogP contribution < -0.4 is 5.32 Å². The zero-order valence-electron chi connectivity index (χ0n) is 12.8. The molecular weight excluding hydrogens is 248 g/mol. The lowest BCUT2D eigenvalue weighted by atomic mass is 10.0. The highest BCUT2D eigenvalue weighted by Crippen LogP contribution is 2.18. The number of phenols is 1. The highest BCUT2D eigenvalue weighted by Gasteiger charge is 2.25. The SMILES string of the molecule is CCCN(C(C)CCc1ccc(O)cc1)C1CCNC1. The van der Waals surface area contributed by atoms with Crippen LogP contribution in [0.4, 0.5) is 0 Å². The second-order valence-corrected chi connectivity index (χ2v) is 5.94. The quantitative estimate of drug-likeness (QED) is 0.804. The summed E-state index contributed by atoms with van der Waals surface area (Å²) in [6.07, 6.45) is 4.77. The molecular formula is C17H28N2O. The first-order valence-corrected chi connectivity index (χ1v) is 7.95. The van der Waals surface area contributed by atoms with Crippen molar-refractivity contribution in [1.82, 2.24) is 10.2 Å². The average molecular weight is 276 g/mol. The molecule has 20 heavy (non-hydrogen) atoms. The standard InChI is InChI=1S/C17H28N2O/c1-3-12-19(16-10-11-18-13-16)14(2)4-5-15-6-8-17(20)9-7-15/h6-9,14,16,18,20H,3-5,10-13H2,1-2H3. The number of hydrogen-bond acceptors (Lipinski definition) is 3. The summed E-state index contributed by atoms with van der Waals surface area (Å²) in [6.45, 7) is 8.12. The van der Waals surface area contributed by atoms with E-state index in [-0.39, 0.29) is 0 Å². The molecule has 0 radical (unpaired) electrons. The molecule has 2 N–H and O–H groups in total. The summed E-state index contributed by atoms with van der Waals surface area (Å²) in [5.41, 5.74) is 1.32. The van der Waals surface area contributed by atoms with Crippen molar-refractivity contribution < 1.29 is 5.11 Å². The van der Waals surface area contributed by atoms with Crippen molar-refractivity contribution in [3.63, 3.8) is 0 Å². The third-order valence-corrected chi connectivity index (χ3v) is 4.34. The molecule has 0 aromatic heterocycles. The van der Waals surface area contributed by atoms with Crippen molar-refractivity contribution in [1.29, 1.82) is 0 Å². The van der Waals surface area contributed by atoms with E-state index in [0.29, 0.717) is 17.8 Å². The number of aryl methyl sites for hydroxylation is 1. The van der Waals surface area contributed by atoms with E-state index >= 15 is 0 Å². The van der Waals surface area contributed by atoms with Crippen molar-refractivity contribution in [2.45, 2.75) is 51.6 Å². The van der Waals surface area contributed by atoms with Gasteiger partial charge in [0, 0.05) is 18.6 Å². The zero-order chi connectivity index (χ0) is 14.4. The summed E-state index contributed by atoms with van der Waals surface area (Å²) in [6, 6.07) is 8.96. The Morgan fingerprint density at radius 2 is 2.10 bits per heavy atom. The maximum absolute atomic E-state index is 9.32. The molecule has 1 fully saturated rings. The van der Waals surface area contributed by atoms with Crippen LogP contribution in [0.25, 0.3) is 0 Å². The Kier molecular flexibility index (Phi) is 5.86. The van der Waals surface area contributed by atoms with E-state index in [9.17, 15) is 5.11 Å². The lowest BCUT2D eigenvalue weighted by Crippen LogP contribution is -2.43. The Hall–Kier alpha value is -1.06. The van der Waals surface area contributed by atoms with E-state index < -0.39 is 0 Å². The minimum atomic E-state index is 0.353. The number of aromatic hydroxyl groups is 1. The van der Waals surface area contributed by atoms with Crippen LogP contribution in [0.1, 0.15) is 38.7 Å². The fraction of sp³-hybridized carbons (Fsp3) is 0.647. The molecule has 1 saturated heterocycles. The van der Waals surface area contributed by atoms with Crippen LogP contribution in [0.5, 0.6) is 5.75 Å². The first-order valence-electron chi connectivity index (χ1n) is 7.95. The minimum Gasteiger partial charge on any atom is -0.508 e. The predicted molar refractivity (Wildman–Crippen MR) is 84.2 cm³/mol.